The number of hydrogen-bond acceptors (Lipinski definition) is 2. The topological polar surface area (TPSA) is 61.1 Å². The van der Waals surface area contributed by atoms with E-state index in [1.165, 1.54) is 0 Å². The van der Waals surface area contributed by atoms with E-state index >= 15 is 0 Å². The Labute approximate surface area is 82.6 Å². The average Bonchev–Trinajstić information content (AvgIpc) is 2.14. The Hall–Kier alpha value is -1.82. The van der Waals surface area contributed by atoms with E-state index in [9.17, 15) is 4.79 Å². The number of carboxylic acid groups (broad SMARTS) is 1. The normalized spacial score (nSPS) is 9.36. The lowest BCUT2D eigenvalue weighted by atomic mass is 10.1. The van der Waals surface area contributed by atoms with Gasteiger partial charge in [0.05, 0.1) is 12.5 Å². The van der Waals surface area contributed by atoms with E-state index in [1.54, 1.807) is 6.07 Å². The summed E-state index contributed by atoms with van der Waals surface area (Å²) < 4.78 is 0. The van der Waals surface area contributed by atoms with Crippen molar-refractivity contribution in [3.05, 3.63) is 35.4 Å². The first-order valence-corrected chi connectivity index (χ1v) is 4.39. The van der Waals surface area contributed by atoms with E-state index in [2.05, 4.69) is 6.07 Å². The molecule has 3 nitrogen and oxygen atoms in total. The van der Waals surface area contributed by atoms with Crippen molar-refractivity contribution in [3.63, 3.8) is 0 Å². The largest absolute Gasteiger partial charge is 0.481 e. The van der Waals surface area contributed by atoms with Crippen LogP contribution in [-0.2, 0) is 17.6 Å². The van der Waals surface area contributed by atoms with Gasteiger partial charge in [0.2, 0.25) is 0 Å². The van der Waals surface area contributed by atoms with E-state index in [0.717, 1.165) is 11.1 Å². The van der Waals surface area contributed by atoms with Gasteiger partial charge in [0.15, 0.2) is 0 Å². The second kappa shape index (κ2) is 5.03. The number of nitriles is 1. The van der Waals surface area contributed by atoms with E-state index < -0.39 is 5.97 Å². The van der Waals surface area contributed by atoms with Crippen LogP contribution in [0.25, 0.3) is 0 Å². The predicted molar refractivity (Wildman–Crippen MR) is 51.7 cm³/mol. The lowest BCUT2D eigenvalue weighted by molar-refractivity contribution is -0.136. The predicted octanol–water partition coefficient (Wildman–Crippen LogP) is 1.77. The summed E-state index contributed by atoms with van der Waals surface area (Å²) >= 11 is 0. The molecule has 0 atom stereocenters. The van der Waals surface area contributed by atoms with Crippen LogP contribution in [0, 0.1) is 11.3 Å². The highest BCUT2D eigenvalue weighted by atomic mass is 16.4. The molecule has 14 heavy (non-hydrogen) atoms. The van der Waals surface area contributed by atoms with Crippen LogP contribution in [0.15, 0.2) is 24.3 Å². The number of carbonyl (C=O) groups is 1. The summed E-state index contributed by atoms with van der Waals surface area (Å²) in [6.45, 7) is 0. The van der Waals surface area contributed by atoms with Crippen LogP contribution in [0.4, 0.5) is 0 Å². The number of benzene rings is 1. The van der Waals surface area contributed by atoms with E-state index in [1.807, 2.05) is 18.2 Å². The third-order valence-electron chi connectivity index (χ3n) is 1.87. The van der Waals surface area contributed by atoms with Gasteiger partial charge in [-0.1, -0.05) is 24.3 Å². The Bertz CT molecular complexity index is 366. The molecule has 0 aromatic heterocycles. The van der Waals surface area contributed by atoms with Crippen molar-refractivity contribution in [1.82, 2.24) is 0 Å². The van der Waals surface area contributed by atoms with Gasteiger partial charge in [-0.05, 0) is 17.5 Å². The summed E-state index contributed by atoms with van der Waals surface area (Å²) in [6.07, 6.45) is 1.20. The van der Waals surface area contributed by atoms with Crippen molar-refractivity contribution in [1.29, 1.82) is 5.26 Å². The second-order valence-electron chi connectivity index (χ2n) is 3.05. The molecule has 0 saturated heterocycles. The molecule has 0 unspecified atom stereocenters. The van der Waals surface area contributed by atoms with Crippen LogP contribution in [0.5, 0.6) is 0 Å². The first kappa shape index (κ1) is 10.3. The van der Waals surface area contributed by atoms with Gasteiger partial charge in [-0.2, -0.15) is 5.26 Å². The fourth-order valence-corrected chi connectivity index (χ4v) is 1.27. The van der Waals surface area contributed by atoms with Crippen LogP contribution < -0.4 is 0 Å². The number of nitrogens with zero attached hydrogens (tertiary/aromatic N) is 1. The highest BCUT2D eigenvalue weighted by molar-refractivity contribution is 5.70. The maximum absolute atomic E-state index is 10.4. The molecule has 0 saturated carbocycles. The number of rotatable bonds is 4. The molecule has 72 valence electrons. The first-order chi connectivity index (χ1) is 6.72. The molecule has 0 aliphatic heterocycles. The summed E-state index contributed by atoms with van der Waals surface area (Å²) in [4.78, 5) is 10.4. The summed E-state index contributed by atoms with van der Waals surface area (Å²) in [5.41, 5.74) is 1.80. The SMILES string of the molecule is N#CCCc1cccc(CC(=O)O)c1. The fraction of sp³-hybridized carbons (Fsp3) is 0.273. The maximum Gasteiger partial charge on any atom is 0.307 e. The molecule has 0 spiro atoms. The van der Waals surface area contributed by atoms with Gasteiger partial charge < -0.3 is 5.11 Å². The molecule has 0 bridgehead atoms. The van der Waals surface area contributed by atoms with Crippen molar-refractivity contribution in [2.75, 3.05) is 0 Å². The standard InChI is InChI=1S/C11H11NO2/c12-6-2-5-9-3-1-4-10(7-9)8-11(13)14/h1,3-4,7H,2,5,8H2,(H,13,14). The molecule has 1 rings (SSSR count). The molecule has 0 aliphatic rings. The Kier molecular flexibility index (Phi) is 3.69. The molecule has 0 heterocycles. The minimum atomic E-state index is -0.831. The average molecular weight is 189 g/mol. The van der Waals surface area contributed by atoms with Gasteiger partial charge in [-0.15, -0.1) is 0 Å². The molecular formula is C11H11NO2. The van der Waals surface area contributed by atoms with E-state index in [-0.39, 0.29) is 6.42 Å². The Balaban J connectivity index is 2.69. The Morgan fingerprint density at radius 2 is 2.14 bits per heavy atom. The molecule has 0 fully saturated rings. The van der Waals surface area contributed by atoms with Crippen molar-refractivity contribution in [3.8, 4) is 6.07 Å². The third kappa shape index (κ3) is 3.28. The number of hydrogen-bond donors (Lipinski definition) is 1. The molecular weight excluding hydrogens is 178 g/mol. The van der Waals surface area contributed by atoms with Crippen molar-refractivity contribution in [2.24, 2.45) is 0 Å². The van der Waals surface area contributed by atoms with Gasteiger partial charge in [0.1, 0.15) is 0 Å². The Morgan fingerprint density at radius 3 is 2.79 bits per heavy atom. The summed E-state index contributed by atoms with van der Waals surface area (Å²) in [6, 6.07) is 9.41. The van der Waals surface area contributed by atoms with Gasteiger partial charge in [0, 0.05) is 6.42 Å². The molecule has 0 aliphatic carbocycles. The van der Waals surface area contributed by atoms with E-state index in [0.29, 0.717) is 12.8 Å². The van der Waals surface area contributed by atoms with Crippen molar-refractivity contribution >= 4 is 5.97 Å². The summed E-state index contributed by atoms with van der Waals surface area (Å²) in [5.74, 6) is -0.831. The zero-order valence-electron chi connectivity index (χ0n) is 7.73. The summed E-state index contributed by atoms with van der Waals surface area (Å²) in [5, 5.41) is 17.0. The van der Waals surface area contributed by atoms with Crippen LogP contribution in [0.3, 0.4) is 0 Å². The van der Waals surface area contributed by atoms with Crippen LogP contribution >= 0.6 is 0 Å². The van der Waals surface area contributed by atoms with Crippen LogP contribution in [-0.4, -0.2) is 11.1 Å². The lowest BCUT2D eigenvalue weighted by Gasteiger charge is -2.00. The lowest BCUT2D eigenvalue weighted by Crippen LogP contribution is -2.00. The fourth-order valence-electron chi connectivity index (χ4n) is 1.27. The second-order valence-corrected chi connectivity index (χ2v) is 3.05. The van der Waals surface area contributed by atoms with Gasteiger partial charge in [0.25, 0.3) is 0 Å². The minimum absolute atomic E-state index is 0.0421. The summed E-state index contributed by atoms with van der Waals surface area (Å²) in [7, 11) is 0. The van der Waals surface area contributed by atoms with Crippen LogP contribution in [0.2, 0.25) is 0 Å². The minimum Gasteiger partial charge on any atom is -0.481 e. The highest BCUT2D eigenvalue weighted by Gasteiger charge is 2.00. The molecule has 1 aromatic carbocycles. The van der Waals surface area contributed by atoms with Crippen LogP contribution in [0.1, 0.15) is 17.5 Å². The molecule has 1 N–H and O–H groups in total. The van der Waals surface area contributed by atoms with Gasteiger partial charge in [-0.3, -0.25) is 4.79 Å². The molecule has 3 heteroatoms. The number of aryl methyl sites for hydroxylation is 1. The van der Waals surface area contributed by atoms with Gasteiger partial charge in [-0.25, -0.2) is 0 Å². The number of aliphatic carboxylic acids is 1. The van der Waals surface area contributed by atoms with Gasteiger partial charge >= 0.3 is 5.97 Å². The van der Waals surface area contributed by atoms with Crippen molar-refractivity contribution in [2.45, 2.75) is 19.3 Å². The highest BCUT2D eigenvalue weighted by Crippen LogP contribution is 2.08. The third-order valence-corrected chi connectivity index (χ3v) is 1.87. The first-order valence-electron chi connectivity index (χ1n) is 4.39. The molecule has 0 amide bonds. The smallest absolute Gasteiger partial charge is 0.307 e. The van der Waals surface area contributed by atoms with Crippen molar-refractivity contribution < 1.29 is 9.90 Å². The molecule has 0 radical (unpaired) electrons. The quantitative estimate of drug-likeness (QED) is 0.785. The monoisotopic (exact) mass is 189 g/mol. The Morgan fingerprint density at radius 1 is 1.43 bits per heavy atom. The zero-order chi connectivity index (χ0) is 10.4. The maximum atomic E-state index is 10.4. The zero-order valence-corrected chi connectivity index (χ0v) is 7.73. The van der Waals surface area contributed by atoms with E-state index in [4.69, 9.17) is 10.4 Å². The number of carboxylic acids is 1. The molecule has 1 aromatic rings.